The second kappa shape index (κ2) is 6.57. The molecule has 0 amide bonds. The van der Waals surface area contributed by atoms with E-state index in [1.165, 1.54) is 0 Å². The Hall–Kier alpha value is 0.0700. The molecule has 0 saturated heterocycles. The maximum absolute atomic E-state index is 10.8. The van der Waals surface area contributed by atoms with Crippen molar-refractivity contribution >= 4 is 10.8 Å². The minimum Gasteiger partial charge on any atom is -0.329 e. The van der Waals surface area contributed by atoms with Crippen LogP contribution >= 0.6 is 0 Å². The SMILES string of the molecule is CC(CN)NC(C)CCS(C)=O. The minimum absolute atomic E-state index is 0.352. The third kappa shape index (κ3) is 6.76. The molecular weight excluding hydrogens is 172 g/mol. The zero-order valence-electron chi connectivity index (χ0n) is 8.17. The Bertz CT molecular complexity index is 141. The van der Waals surface area contributed by atoms with E-state index < -0.39 is 10.8 Å². The van der Waals surface area contributed by atoms with Gasteiger partial charge in [0, 0.05) is 41.4 Å². The summed E-state index contributed by atoms with van der Waals surface area (Å²) in [6.45, 7) is 4.80. The van der Waals surface area contributed by atoms with Crippen molar-refractivity contribution in [2.75, 3.05) is 18.6 Å². The third-order valence-electron chi connectivity index (χ3n) is 1.76. The van der Waals surface area contributed by atoms with E-state index in [1.807, 2.05) is 0 Å². The summed E-state index contributed by atoms with van der Waals surface area (Å²) < 4.78 is 10.8. The standard InChI is InChI=1S/C8H20N2OS/c1-7(4-5-12(3)11)10-8(2)6-9/h7-8,10H,4-6,9H2,1-3H3. The third-order valence-corrected chi connectivity index (χ3v) is 2.57. The van der Waals surface area contributed by atoms with Crippen molar-refractivity contribution in [1.29, 1.82) is 0 Å². The van der Waals surface area contributed by atoms with Crippen molar-refractivity contribution in [2.24, 2.45) is 5.73 Å². The fourth-order valence-corrected chi connectivity index (χ4v) is 1.67. The lowest BCUT2D eigenvalue weighted by Crippen LogP contribution is -2.39. The maximum atomic E-state index is 10.8. The summed E-state index contributed by atoms with van der Waals surface area (Å²) in [5.41, 5.74) is 5.45. The predicted molar refractivity (Wildman–Crippen MR) is 54.7 cm³/mol. The molecule has 4 heteroatoms. The molecule has 3 unspecified atom stereocenters. The van der Waals surface area contributed by atoms with Crippen molar-refractivity contribution < 1.29 is 4.21 Å². The van der Waals surface area contributed by atoms with E-state index in [0.29, 0.717) is 18.6 Å². The first-order valence-electron chi connectivity index (χ1n) is 4.32. The van der Waals surface area contributed by atoms with Crippen LogP contribution in [-0.4, -0.2) is 34.8 Å². The van der Waals surface area contributed by atoms with Crippen LogP contribution in [0.4, 0.5) is 0 Å². The van der Waals surface area contributed by atoms with Crippen molar-refractivity contribution in [3.63, 3.8) is 0 Å². The van der Waals surface area contributed by atoms with Crippen LogP contribution in [0.3, 0.4) is 0 Å². The van der Waals surface area contributed by atoms with Gasteiger partial charge in [0.1, 0.15) is 0 Å². The van der Waals surface area contributed by atoms with E-state index >= 15 is 0 Å². The molecule has 0 saturated carbocycles. The number of hydrogen-bond donors (Lipinski definition) is 2. The average Bonchev–Trinajstić information content (AvgIpc) is 2.00. The molecule has 0 aliphatic heterocycles. The molecule has 0 fully saturated rings. The van der Waals surface area contributed by atoms with Gasteiger partial charge in [-0.1, -0.05) is 0 Å². The molecule has 3 N–H and O–H groups in total. The summed E-state index contributed by atoms with van der Waals surface area (Å²) in [6, 6.07) is 0.762. The Kier molecular flexibility index (Phi) is 6.61. The Morgan fingerprint density at radius 1 is 1.42 bits per heavy atom. The lowest BCUT2D eigenvalue weighted by atomic mass is 10.2. The average molecular weight is 192 g/mol. The molecule has 0 spiro atoms. The largest absolute Gasteiger partial charge is 0.329 e. The van der Waals surface area contributed by atoms with E-state index in [-0.39, 0.29) is 0 Å². The van der Waals surface area contributed by atoms with E-state index in [9.17, 15) is 4.21 Å². The summed E-state index contributed by atoms with van der Waals surface area (Å²) >= 11 is 0. The highest BCUT2D eigenvalue weighted by molar-refractivity contribution is 7.84. The van der Waals surface area contributed by atoms with Crippen LogP contribution in [0.25, 0.3) is 0 Å². The van der Waals surface area contributed by atoms with Crippen molar-refractivity contribution in [3.8, 4) is 0 Å². The molecule has 0 bridgehead atoms. The van der Waals surface area contributed by atoms with Gasteiger partial charge < -0.3 is 11.1 Å². The first kappa shape index (κ1) is 12.1. The van der Waals surface area contributed by atoms with E-state index in [2.05, 4.69) is 19.2 Å². The highest BCUT2D eigenvalue weighted by Gasteiger charge is 2.05. The van der Waals surface area contributed by atoms with Gasteiger partial charge in [0.15, 0.2) is 0 Å². The van der Waals surface area contributed by atoms with E-state index in [1.54, 1.807) is 6.26 Å². The predicted octanol–water partition coefficient (Wildman–Crippen LogP) is 0.0803. The van der Waals surface area contributed by atoms with Crippen LogP contribution < -0.4 is 11.1 Å². The maximum Gasteiger partial charge on any atom is 0.0246 e. The zero-order valence-corrected chi connectivity index (χ0v) is 8.99. The zero-order chi connectivity index (χ0) is 9.56. The topological polar surface area (TPSA) is 55.1 Å². The lowest BCUT2D eigenvalue weighted by Gasteiger charge is -2.17. The molecule has 0 aromatic heterocycles. The molecule has 0 heterocycles. The van der Waals surface area contributed by atoms with Crippen molar-refractivity contribution in [3.05, 3.63) is 0 Å². The van der Waals surface area contributed by atoms with Crippen LogP contribution in [0.5, 0.6) is 0 Å². The van der Waals surface area contributed by atoms with Gasteiger partial charge in [-0.15, -0.1) is 0 Å². The molecule has 12 heavy (non-hydrogen) atoms. The summed E-state index contributed by atoms with van der Waals surface area (Å²) in [5, 5.41) is 3.33. The number of nitrogens with two attached hydrogens (primary N) is 1. The Morgan fingerprint density at radius 2 is 2.00 bits per heavy atom. The Morgan fingerprint density at radius 3 is 2.42 bits per heavy atom. The molecular formula is C8H20N2OS. The molecule has 0 aromatic rings. The van der Waals surface area contributed by atoms with Crippen LogP contribution in [-0.2, 0) is 10.8 Å². The Labute approximate surface area is 77.6 Å². The van der Waals surface area contributed by atoms with Crippen LogP contribution in [0.2, 0.25) is 0 Å². The van der Waals surface area contributed by atoms with Gasteiger partial charge in [-0.3, -0.25) is 4.21 Å². The van der Waals surface area contributed by atoms with Crippen LogP contribution in [0.15, 0.2) is 0 Å². The molecule has 0 aliphatic carbocycles. The quantitative estimate of drug-likeness (QED) is 0.626. The molecule has 3 atom stereocenters. The molecule has 0 aliphatic rings. The highest BCUT2D eigenvalue weighted by Crippen LogP contribution is 1.94. The highest BCUT2D eigenvalue weighted by atomic mass is 32.2. The van der Waals surface area contributed by atoms with Gasteiger partial charge >= 0.3 is 0 Å². The molecule has 0 radical (unpaired) electrons. The van der Waals surface area contributed by atoms with Gasteiger partial charge in [-0.05, 0) is 20.3 Å². The fraction of sp³-hybridized carbons (Fsp3) is 1.00. The second-order valence-electron chi connectivity index (χ2n) is 3.27. The molecule has 3 nitrogen and oxygen atoms in total. The van der Waals surface area contributed by atoms with Crippen LogP contribution in [0, 0.1) is 0 Å². The summed E-state index contributed by atoms with van der Waals surface area (Å²) in [6.07, 6.45) is 2.69. The monoisotopic (exact) mass is 192 g/mol. The lowest BCUT2D eigenvalue weighted by molar-refractivity contribution is 0.464. The smallest absolute Gasteiger partial charge is 0.0246 e. The van der Waals surface area contributed by atoms with E-state index in [0.717, 1.165) is 12.2 Å². The molecule has 74 valence electrons. The number of hydrogen-bond acceptors (Lipinski definition) is 3. The second-order valence-corrected chi connectivity index (χ2v) is 4.83. The van der Waals surface area contributed by atoms with Gasteiger partial charge in [0.25, 0.3) is 0 Å². The normalized spacial score (nSPS) is 18.7. The minimum atomic E-state index is -0.674. The van der Waals surface area contributed by atoms with Crippen molar-refractivity contribution in [1.82, 2.24) is 5.32 Å². The molecule has 0 rings (SSSR count). The first-order chi connectivity index (χ1) is 5.56. The first-order valence-corrected chi connectivity index (χ1v) is 6.05. The number of nitrogens with one attached hydrogen (secondary N) is 1. The van der Waals surface area contributed by atoms with Gasteiger partial charge in [0.2, 0.25) is 0 Å². The summed E-state index contributed by atoms with van der Waals surface area (Å²) in [7, 11) is -0.674. The number of rotatable bonds is 6. The van der Waals surface area contributed by atoms with Crippen LogP contribution in [0.1, 0.15) is 20.3 Å². The molecule has 0 aromatic carbocycles. The van der Waals surface area contributed by atoms with Gasteiger partial charge in [0.05, 0.1) is 0 Å². The fourth-order valence-electron chi connectivity index (χ4n) is 0.980. The van der Waals surface area contributed by atoms with Crippen molar-refractivity contribution in [2.45, 2.75) is 32.4 Å². The Balaban J connectivity index is 3.45. The van der Waals surface area contributed by atoms with Gasteiger partial charge in [-0.2, -0.15) is 0 Å². The summed E-state index contributed by atoms with van der Waals surface area (Å²) in [4.78, 5) is 0. The summed E-state index contributed by atoms with van der Waals surface area (Å²) in [5.74, 6) is 0.769. The van der Waals surface area contributed by atoms with E-state index in [4.69, 9.17) is 5.73 Å². The van der Waals surface area contributed by atoms with Gasteiger partial charge in [-0.25, -0.2) is 0 Å².